The summed E-state index contributed by atoms with van der Waals surface area (Å²) in [7, 11) is 0. The normalized spacial score (nSPS) is 11.8. The lowest BCUT2D eigenvalue weighted by Crippen LogP contribution is -2.30. The number of hydrogen-bond donors (Lipinski definition) is 0. The number of carbonyl (C=O) groups is 3. The zero-order chi connectivity index (χ0) is 39.4. The van der Waals surface area contributed by atoms with E-state index >= 15 is 0 Å². The number of ether oxygens (including phenoxy) is 3. The Bertz CT molecular complexity index is 798. The first-order valence-electron chi connectivity index (χ1n) is 24.0. The minimum atomic E-state index is -0.757. The van der Waals surface area contributed by atoms with Gasteiger partial charge in [0.25, 0.3) is 0 Å². The molecular formula is C48H92O6. The highest BCUT2D eigenvalue weighted by atomic mass is 16.6. The Hall–Kier alpha value is -1.59. The van der Waals surface area contributed by atoms with Crippen LogP contribution in [0.15, 0.2) is 0 Å². The predicted molar refractivity (Wildman–Crippen MR) is 229 cm³/mol. The molecule has 0 aliphatic heterocycles. The van der Waals surface area contributed by atoms with E-state index in [0.29, 0.717) is 19.3 Å². The van der Waals surface area contributed by atoms with E-state index in [2.05, 4.69) is 20.8 Å². The number of esters is 3. The molecule has 6 nitrogen and oxygen atoms in total. The van der Waals surface area contributed by atoms with Crippen LogP contribution in [0.5, 0.6) is 0 Å². The van der Waals surface area contributed by atoms with Crippen molar-refractivity contribution in [3.63, 3.8) is 0 Å². The molecule has 0 unspecified atom stereocenters. The quantitative estimate of drug-likeness (QED) is 0.0349. The summed E-state index contributed by atoms with van der Waals surface area (Å²) in [6.07, 6.45) is 45.2. The highest BCUT2D eigenvalue weighted by Gasteiger charge is 2.19. The third kappa shape index (κ3) is 41.6. The van der Waals surface area contributed by atoms with E-state index in [4.69, 9.17) is 14.2 Å². The summed E-state index contributed by atoms with van der Waals surface area (Å²) >= 11 is 0. The zero-order valence-corrected chi connectivity index (χ0v) is 36.5. The van der Waals surface area contributed by atoms with Gasteiger partial charge in [0.1, 0.15) is 13.2 Å². The van der Waals surface area contributed by atoms with Crippen LogP contribution in [-0.2, 0) is 28.6 Å². The molecule has 0 aromatic heterocycles. The monoisotopic (exact) mass is 765 g/mol. The van der Waals surface area contributed by atoms with Gasteiger partial charge in [0.05, 0.1) is 0 Å². The molecule has 0 saturated heterocycles. The Morgan fingerprint density at radius 1 is 0.296 bits per heavy atom. The van der Waals surface area contributed by atoms with Crippen molar-refractivity contribution < 1.29 is 28.6 Å². The molecule has 0 radical (unpaired) electrons. The maximum absolute atomic E-state index is 12.7. The van der Waals surface area contributed by atoms with Gasteiger partial charge in [-0.25, -0.2) is 0 Å². The van der Waals surface area contributed by atoms with E-state index in [-0.39, 0.29) is 31.1 Å². The number of unbranched alkanes of at least 4 members (excludes halogenated alkanes) is 33. The average Bonchev–Trinajstić information content (AvgIpc) is 3.17. The van der Waals surface area contributed by atoms with Crippen molar-refractivity contribution in [3.8, 4) is 0 Å². The Morgan fingerprint density at radius 2 is 0.500 bits per heavy atom. The molecule has 0 saturated carbocycles. The number of rotatable bonds is 44. The van der Waals surface area contributed by atoms with Gasteiger partial charge in [-0.15, -0.1) is 0 Å². The summed E-state index contributed by atoms with van der Waals surface area (Å²) in [5.41, 5.74) is 0. The van der Waals surface area contributed by atoms with Crippen molar-refractivity contribution in [1.82, 2.24) is 0 Å². The van der Waals surface area contributed by atoms with Crippen LogP contribution in [0.25, 0.3) is 0 Å². The van der Waals surface area contributed by atoms with Crippen LogP contribution in [0.3, 0.4) is 0 Å². The lowest BCUT2D eigenvalue weighted by atomic mass is 10.0. The Morgan fingerprint density at radius 3 is 0.741 bits per heavy atom. The van der Waals surface area contributed by atoms with Crippen molar-refractivity contribution in [2.45, 2.75) is 277 Å². The van der Waals surface area contributed by atoms with Gasteiger partial charge in [0, 0.05) is 19.3 Å². The zero-order valence-electron chi connectivity index (χ0n) is 36.5. The van der Waals surface area contributed by atoms with Crippen molar-refractivity contribution in [2.75, 3.05) is 13.2 Å². The molecule has 0 N–H and O–H groups in total. The van der Waals surface area contributed by atoms with Gasteiger partial charge >= 0.3 is 17.9 Å². The molecule has 6 heteroatoms. The number of carbonyl (C=O) groups excluding carboxylic acids is 3. The van der Waals surface area contributed by atoms with Gasteiger partial charge in [-0.3, -0.25) is 14.4 Å². The van der Waals surface area contributed by atoms with Crippen LogP contribution in [0.2, 0.25) is 0 Å². The van der Waals surface area contributed by atoms with Gasteiger partial charge in [0.2, 0.25) is 0 Å². The lowest BCUT2D eigenvalue weighted by molar-refractivity contribution is -0.167. The fourth-order valence-electron chi connectivity index (χ4n) is 7.21. The van der Waals surface area contributed by atoms with Crippen LogP contribution in [0.1, 0.15) is 271 Å². The Balaban J connectivity index is 4.22. The fourth-order valence-corrected chi connectivity index (χ4v) is 7.21. The van der Waals surface area contributed by atoms with Crippen LogP contribution in [0, 0.1) is 0 Å². The van der Waals surface area contributed by atoms with Gasteiger partial charge in [-0.2, -0.15) is 0 Å². The van der Waals surface area contributed by atoms with Crippen molar-refractivity contribution in [3.05, 3.63) is 0 Å². The fraction of sp³-hybridized carbons (Fsp3) is 0.938. The smallest absolute Gasteiger partial charge is 0.306 e. The van der Waals surface area contributed by atoms with Crippen LogP contribution in [-0.4, -0.2) is 37.2 Å². The van der Waals surface area contributed by atoms with Gasteiger partial charge in [-0.1, -0.05) is 233 Å². The molecule has 0 aromatic carbocycles. The summed E-state index contributed by atoms with van der Waals surface area (Å²) in [5, 5.41) is 0. The summed E-state index contributed by atoms with van der Waals surface area (Å²) in [4.78, 5) is 37.7. The second kappa shape index (κ2) is 44.1. The molecule has 54 heavy (non-hydrogen) atoms. The molecule has 0 rings (SSSR count). The minimum Gasteiger partial charge on any atom is -0.462 e. The molecule has 0 amide bonds. The van der Waals surface area contributed by atoms with Crippen molar-refractivity contribution >= 4 is 17.9 Å². The standard InChI is InChI=1S/C48H92O6/c1-4-7-10-13-16-19-21-22-23-24-25-26-27-30-32-35-38-41-47(50)53-44-45(54-48(51)42-39-36-33-28-18-15-12-9-6-3)43-52-46(49)40-37-34-31-29-20-17-14-11-8-5-2/h45H,4-44H2,1-3H3/t45-/m0/s1. The van der Waals surface area contributed by atoms with Crippen molar-refractivity contribution in [2.24, 2.45) is 0 Å². The average molecular weight is 765 g/mol. The van der Waals surface area contributed by atoms with Crippen LogP contribution < -0.4 is 0 Å². The van der Waals surface area contributed by atoms with Gasteiger partial charge in [-0.05, 0) is 19.3 Å². The topological polar surface area (TPSA) is 78.9 Å². The summed E-state index contributed by atoms with van der Waals surface area (Å²) < 4.78 is 16.7. The maximum atomic E-state index is 12.7. The van der Waals surface area contributed by atoms with E-state index < -0.39 is 6.10 Å². The molecular weight excluding hydrogens is 673 g/mol. The summed E-state index contributed by atoms with van der Waals surface area (Å²) in [5.74, 6) is -0.852. The van der Waals surface area contributed by atoms with E-state index in [0.717, 1.165) is 57.8 Å². The lowest BCUT2D eigenvalue weighted by Gasteiger charge is -2.18. The Kier molecular flexibility index (Phi) is 42.8. The molecule has 0 heterocycles. The molecule has 0 fully saturated rings. The first kappa shape index (κ1) is 52.4. The van der Waals surface area contributed by atoms with Gasteiger partial charge in [0.15, 0.2) is 6.10 Å². The molecule has 0 spiro atoms. The van der Waals surface area contributed by atoms with Crippen molar-refractivity contribution in [1.29, 1.82) is 0 Å². The maximum Gasteiger partial charge on any atom is 0.306 e. The molecule has 1 atom stereocenters. The predicted octanol–water partition coefficient (Wildman–Crippen LogP) is 15.3. The minimum absolute atomic E-state index is 0.0627. The SMILES string of the molecule is CCCCCCCCCCCCCCCCCCCC(=O)OC[C@H](COC(=O)CCCCCCCCCCCC)OC(=O)CCCCCCCCCCC. The first-order valence-corrected chi connectivity index (χ1v) is 24.0. The Labute approximate surface area is 336 Å². The summed E-state index contributed by atoms with van der Waals surface area (Å²) in [6, 6.07) is 0. The largest absolute Gasteiger partial charge is 0.462 e. The van der Waals surface area contributed by atoms with E-state index in [9.17, 15) is 14.4 Å². The molecule has 0 aromatic rings. The van der Waals surface area contributed by atoms with Gasteiger partial charge < -0.3 is 14.2 Å². The molecule has 320 valence electrons. The second-order valence-corrected chi connectivity index (χ2v) is 16.4. The first-order chi connectivity index (χ1) is 26.5. The van der Waals surface area contributed by atoms with E-state index in [1.54, 1.807) is 0 Å². The summed E-state index contributed by atoms with van der Waals surface area (Å²) in [6.45, 7) is 6.63. The highest BCUT2D eigenvalue weighted by Crippen LogP contribution is 2.16. The molecule has 0 aliphatic rings. The van der Waals surface area contributed by atoms with Crippen LogP contribution in [0.4, 0.5) is 0 Å². The third-order valence-electron chi connectivity index (χ3n) is 10.9. The molecule has 0 bridgehead atoms. The third-order valence-corrected chi connectivity index (χ3v) is 10.9. The highest BCUT2D eigenvalue weighted by molar-refractivity contribution is 5.71. The van der Waals surface area contributed by atoms with E-state index in [1.807, 2.05) is 0 Å². The second-order valence-electron chi connectivity index (χ2n) is 16.4. The van der Waals surface area contributed by atoms with Crippen LogP contribution >= 0.6 is 0 Å². The number of hydrogen-bond acceptors (Lipinski definition) is 6. The molecule has 0 aliphatic carbocycles. The van der Waals surface area contributed by atoms with E-state index in [1.165, 1.54) is 173 Å².